The van der Waals surface area contributed by atoms with E-state index >= 15 is 0 Å². The van der Waals surface area contributed by atoms with E-state index in [-0.39, 0.29) is 0 Å². The van der Waals surface area contributed by atoms with Crippen LogP contribution in [0.1, 0.15) is 38.3 Å². The lowest BCUT2D eigenvalue weighted by Gasteiger charge is -2.34. The zero-order valence-corrected chi connectivity index (χ0v) is 13.8. The number of anilines is 1. The van der Waals surface area contributed by atoms with E-state index in [9.17, 15) is 0 Å². The fourth-order valence-electron chi connectivity index (χ4n) is 3.28. The van der Waals surface area contributed by atoms with Gasteiger partial charge in [0, 0.05) is 23.6 Å². The molecule has 4 heteroatoms. The van der Waals surface area contributed by atoms with E-state index in [1.165, 1.54) is 28.6 Å². The quantitative estimate of drug-likeness (QED) is 0.909. The largest absolute Gasteiger partial charge is 0.371 e. The first-order valence-corrected chi connectivity index (χ1v) is 8.40. The van der Waals surface area contributed by atoms with E-state index < -0.39 is 0 Å². The standard InChI is InChI=1S/C16H23BrN2O/c1-3-18-11(2)12-4-7-16(15(17)8-12)19-9-13-5-6-14(10-19)20-13/h4,7-8,11,13-14,18H,3,5-6,9-10H2,1-2H3. The number of hydrogen-bond acceptors (Lipinski definition) is 3. The van der Waals surface area contributed by atoms with Gasteiger partial charge in [-0.05, 0) is 59.9 Å². The Morgan fingerprint density at radius 3 is 2.65 bits per heavy atom. The van der Waals surface area contributed by atoms with E-state index in [0.717, 1.165) is 19.6 Å². The fourth-order valence-corrected chi connectivity index (χ4v) is 3.93. The summed E-state index contributed by atoms with van der Waals surface area (Å²) in [5.41, 5.74) is 2.64. The van der Waals surface area contributed by atoms with Crippen molar-refractivity contribution in [3.8, 4) is 0 Å². The van der Waals surface area contributed by atoms with Gasteiger partial charge in [0.25, 0.3) is 0 Å². The second kappa shape index (κ2) is 6.04. The lowest BCUT2D eigenvalue weighted by Crippen LogP contribution is -2.42. The predicted molar refractivity (Wildman–Crippen MR) is 86.3 cm³/mol. The van der Waals surface area contributed by atoms with Gasteiger partial charge in [-0.15, -0.1) is 0 Å². The summed E-state index contributed by atoms with van der Waals surface area (Å²) < 4.78 is 7.11. The van der Waals surface area contributed by atoms with Crippen LogP contribution in [-0.2, 0) is 4.74 Å². The Kier molecular flexibility index (Phi) is 4.34. The molecule has 2 heterocycles. The number of halogens is 1. The van der Waals surface area contributed by atoms with Crippen molar-refractivity contribution in [2.45, 2.75) is 44.9 Å². The molecule has 20 heavy (non-hydrogen) atoms. The molecule has 0 aromatic heterocycles. The number of benzene rings is 1. The minimum absolute atomic E-state index is 0.395. The molecule has 0 spiro atoms. The van der Waals surface area contributed by atoms with Crippen molar-refractivity contribution in [1.82, 2.24) is 5.32 Å². The van der Waals surface area contributed by atoms with E-state index in [0.29, 0.717) is 18.2 Å². The third-order valence-corrected chi connectivity index (χ3v) is 5.00. The predicted octanol–water partition coefficient (Wildman–Crippen LogP) is 3.49. The first kappa shape index (κ1) is 14.4. The summed E-state index contributed by atoms with van der Waals surface area (Å²) in [6.07, 6.45) is 3.30. The van der Waals surface area contributed by atoms with Crippen LogP contribution in [0.25, 0.3) is 0 Å². The van der Waals surface area contributed by atoms with Gasteiger partial charge < -0.3 is 15.0 Å². The molecule has 2 aliphatic rings. The van der Waals surface area contributed by atoms with Crippen LogP contribution in [0.15, 0.2) is 22.7 Å². The highest BCUT2D eigenvalue weighted by atomic mass is 79.9. The van der Waals surface area contributed by atoms with Gasteiger partial charge in [0.15, 0.2) is 0 Å². The Hall–Kier alpha value is -0.580. The summed E-state index contributed by atoms with van der Waals surface area (Å²) in [5, 5.41) is 3.46. The lowest BCUT2D eigenvalue weighted by molar-refractivity contribution is 0.0304. The molecule has 2 bridgehead atoms. The van der Waals surface area contributed by atoms with Gasteiger partial charge >= 0.3 is 0 Å². The van der Waals surface area contributed by atoms with Crippen molar-refractivity contribution in [3.05, 3.63) is 28.2 Å². The molecule has 110 valence electrons. The van der Waals surface area contributed by atoms with Gasteiger partial charge in [-0.3, -0.25) is 0 Å². The highest BCUT2D eigenvalue weighted by Crippen LogP contribution is 2.34. The first-order valence-electron chi connectivity index (χ1n) is 7.60. The number of rotatable bonds is 4. The van der Waals surface area contributed by atoms with E-state index in [2.05, 4.69) is 58.2 Å². The second-order valence-electron chi connectivity index (χ2n) is 5.85. The molecular weight excluding hydrogens is 316 g/mol. The number of nitrogens with one attached hydrogen (secondary N) is 1. The Labute approximate surface area is 129 Å². The van der Waals surface area contributed by atoms with Crippen LogP contribution in [0.5, 0.6) is 0 Å². The van der Waals surface area contributed by atoms with Gasteiger partial charge in [0.1, 0.15) is 0 Å². The normalized spacial score (nSPS) is 26.9. The highest BCUT2D eigenvalue weighted by Gasteiger charge is 2.34. The lowest BCUT2D eigenvalue weighted by atomic mass is 10.1. The molecule has 1 aromatic carbocycles. The SMILES string of the molecule is CCNC(C)c1ccc(N2CC3CCC(C2)O3)c(Br)c1. The van der Waals surface area contributed by atoms with Gasteiger partial charge in [-0.25, -0.2) is 0 Å². The van der Waals surface area contributed by atoms with Crippen LogP contribution in [-0.4, -0.2) is 31.8 Å². The minimum Gasteiger partial charge on any atom is -0.371 e. The molecule has 0 aliphatic carbocycles. The van der Waals surface area contributed by atoms with Crippen molar-refractivity contribution < 1.29 is 4.74 Å². The maximum atomic E-state index is 5.92. The van der Waals surface area contributed by atoms with Crippen LogP contribution < -0.4 is 10.2 Å². The van der Waals surface area contributed by atoms with Crippen molar-refractivity contribution in [2.24, 2.45) is 0 Å². The Bertz CT molecular complexity index is 468. The molecule has 3 atom stereocenters. The molecule has 1 N–H and O–H groups in total. The molecular formula is C16H23BrN2O. The van der Waals surface area contributed by atoms with Crippen LogP contribution in [0.3, 0.4) is 0 Å². The Morgan fingerprint density at radius 2 is 2.05 bits per heavy atom. The van der Waals surface area contributed by atoms with Crippen LogP contribution in [0.2, 0.25) is 0 Å². The summed E-state index contributed by atoms with van der Waals surface area (Å²) in [7, 11) is 0. The third kappa shape index (κ3) is 2.87. The molecule has 0 radical (unpaired) electrons. The first-order chi connectivity index (χ1) is 9.67. The zero-order chi connectivity index (χ0) is 14.1. The Balaban J connectivity index is 1.77. The smallest absolute Gasteiger partial charge is 0.0755 e. The van der Waals surface area contributed by atoms with E-state index in [1.807, 2.05) is 0 Å². The Morgan fingerprint density at radius 1 is 1.35 bits per heavy atom. The molecule has 2 saturated heterocycles. The molecule has 3 rings (SSSR count). The third-order valence-electron chi connectivity index (χ3n) is 4.37. The zero-order valence-electron chi connectivity index (χ0n) is 12.2. The average molecular weight is 339 g/mol. The van der Waals surface area contributed by atoms with Crippen molar-refractivity contribution in [1.29, 1.82) is 0 Å². The summed E-state index contributed by atoms with van der Waals surface area (Å²) >= 11 is 3.75. The van der Waals surface area contributed by atoms with E-state index in [1.54, 1.807) is 0 Å². The minimum atomic E-state index is 0.395. The summed E-state index contributed by atoms with van der Waals surface area (Å²) in [4.78, 5) is 2.47. The van der Waals surface area contributed by atoms with Gasteiger partial charge in [-0.1, -0.05) is 13.0 Å². The van der Waals surface area contributed by atoms with Crippen molar-refractivity contribution in [3.63, 3.8) is 0 Å². The fraction of sp³-hybridized carbons (Fsp3) is 0.625. The van der Waals surface area contributed by atoms with Crippen molar-refractivity contribution in [2.75, 3.05) is 24.5 Å². The van der Waals surface area contributed by atoms with Gasteiger partial charge in [0.05, 0.1) is 17.9 Å². The molecule has 0 amide bonds. The number of fused-ring (bicyclic) bond motifs is 2. The van der Waals surface area contributed by atoms with Crippen molar-refractivity contribution >= 4 is 21.6 Å². The highest BCUT2D eigenvalue weighted by molar-refractivity contribution is 9.10. The number of hydrogen-bond donors (Lipinski definition) is 1. The van der Waals surface area contributed by atoms with Crippen LogP contribution >= 0.6 is 15.9 Å². The summed E-state index contributed by atoms with van der Waals surface area (Å²) in [5.74, 6) is 0. The summed E-state index contributed by atoms with van der Waals surface area (Å²) in [6, 6.07) is 7.13. The molecule has 0 saturated carbocycles. The second-order valence-corrected chi connectivity index (χ2v) is 6.71. The van der Waals surface area contributed by atoms with Crippen LogP contribution in [0, 0.1) is 0 Å². The number of ether oxygens (including phenoxy) is 1. The molecule has 2 fully saturated rings. The average Bonchev–Trinajstić information content (AvgIpc) is 2.77. The maximum absolute atomic E-state index is 5.92. The molecule has 3 unspecified atom stereocenters. The maximum Gasteiger partial charge on any atom is 0.0755 e. The number of nitrogens with zero attached hydrogens (tertiary/aromatic N) is 1. The molecule has 2 aliphatic heterocycles. The van der Waals surface area contributed by atoms with Gasteiger partial charge in [-0.2, -0.15) is 0 Å². The number of morpholine rings is 1. The molecule has 3 nitrogen and oxygen atoms in total. The van der Waals surface area contributed by atoms with Gasteiger partial charge in [0.2, 0.25) is 0 Å². The van der Waals surface area contributed by atoms with Crippen LogP contribution in [0.4, 0.5) is 5.69 Å². The van der Waals surface area contributed by atoms with E-state index in [4.69, 9.17) is 4.74 Å². The summed E-state index contributed by atoms with van der Waals surface area (Å²) in [6.45, 7) is 7.39. The topological polar surface area (TPSA) is 24.5 Å². The monoisotopic (exact) mass is 338 g/mol. The molecule has 1 aromatic rings.